The highest BCUT2D eigenvalue weighted by atomic mass is 32.2. The summed E-state index contributed by atoms with van der Waals surface area (Å²) in [6, 6.07) is 0.542. The Hall–Kier alpha value is -0.970. The molecule has 92 valence electrons. The minimum absolute atomic E-state index is 0.542. The Balaban J connectivity index is 1.85. The van der Waals surface area contributed by atoms with Gasteiger partial charge < -0.3 is 11.1 Å². The van der Waals surface area contributed by atoms with Crippen LogP contribution < -0.4 is 11.1 Å². The average Bonchev–Trinajstić information content (AvgIpc) is 3.04. The van der Waals surface area contributed by atoms with Crippen LogP contribution in [0.15, 0.2) is 0 Å². The number of hydrogen-bond acceptors (Lipinski definition) is 5. The largest absolute Gasteiger partial charge is 0.383 e. The van der Waals surface area contributed by atoms with Gasteiger partial charge >= 0.3 is 0 Å². The Morgan fingerprint density at radius 1 is 1.29 bits per heavy atom. The fraction of sp³-hybridized carbons (Fsp3) is 0.667. The molecule has 1 saturated heterocycles. The van der Waals surface area contributed by atoms with Gasteiger partial charge in [-0.15, -0.1) is 0 Å². The quantitative estimate of drug-likeness (QED) is 0.860. The molecule has 4 nitrogen and oxygen atoms in total. The number of nitrogens with zero attached hydrogens (tertiary/aromatic N) is 2. The first-order chi connectivity index (χ1) is 8.24. The van der Waals surface area contributed by atoms with E-state index in [9.17, 15) is 0 Å². The molecule has 17 heavy (non-hydrogen) atoms. The summed E-state index contributed by atoms with van der Waals surface area (Å²) in [5.74, 6) is 5.48. The van der Waals surface area contributed by atoms with Crippen LogP contribution in [0, 0.1) is 6.92 Å². The maximum atomic E-state index is 5.96. The van der Waals surface area contributed by atoms with Gasteiger partial charge in [-0.25, -0.2) is 9.97 Å². The van der Waals surface area contributed by atoms with Crippen LogP contribution in [0.4, 0.5) is 11.6 Å². The van der Waals surface area contributed by atoms with Crippen LogP contribution in [0.5, 0.6) is 0 Å². The molecule has 1 aliphatic heterocycles. The lowest BCUT2D eigenvalue weighted by molar-refractivity contribution is 0.797. The van der Waals surface area contributed by atoms with Crippen molar-refractivity contribution in [1.29, 1.82) is 0 Å². The minimum Gasteiger partial charge on any atom is -0.383 e. The molecule has 1 saturated carbocycles. The molecule has 2 aliphatic rings. The molecule has 5 heteroatoms. The Morgan fingerprint density at radius 2 is 2.12 bits per heavy atom. The number of hydrogen-bond donors (Lipinski definition) is 2. The molecule has 1 aromatic heterocycles. The highest BCUT2D eigenvalue weighted by molar-refractivity contribution is 7.99. The third-order valence-electron chi connectivity index (χ3n) is 3.41. The first-order valence-electron chi connectivity index (χ1n) is 6.22. The number of nitrogens with one attached hydrogen (secondary N) is 1. The molecule has 1 aromatic rings. The molecule has 0 aromatic carbocycles. The Kier molecular flexibility index (Phi) is 2.86. The van der Waals surface area contributed by atoms with Crippen molar-refractivity contribution in [2.24, 2.45) is 0 Å². The van der Waals surface area contributed by atoms with Gasteiger partial charge in [-0.05, 0) is 31.9 Å². The third kappa shape index (κ3) is 2.34. The van der Waals surface area contributed by atoms with Gasteiger partial charge in [-0.2, -0.15) is 11.8 Å². The van der Waals surface area contributed by atoms with E-state index >= 15 is 0 Å². The molecule has 1 aliphatic carbocycles. The summed E-state index contributed by atoms with van der Waals surface area (Å²) in [6.45, 7) is 2.00. The van der Waals surface area contributed by atoms with E-state index in [0.717, 1.165) is 17.2 Å². The first kappa shape index (κ1) is 11.1. The summed E-state index contributed by atoms with van der Waals surface area (Å²) in [7, 11) is 0. The molecular formula is C12H18N4S. The monoisotopic (exact) mass is 250 g/mol. The second-order valence-corrected chi connectivity index (χ2v) is 6.07. The molecule has 0 spiro atoms. The van der Waals surface area contributed by atoms with Crippen molar-refractivity contribution >= 4 is 23.4 Å². The maximum Gasteiger partial charge on any atom is 0.136 e. The lowest BCUT2D eigenvalue weighted by Crippen LogP contribution is -2.21. The molecule has 3 N–H and O–H groups in total. The fourth-order valence-corrected chi connectivity index (χ4v) is 3.21. The number of thioether (sulfide) groups is 1. The van der Waals surface area contributed by atoms with Crippen LogP contribution in [0.1, 0.15) is 36.6 Å². The van der Waals surface area contributed by atoms with Gasteiger partial charge in [-0.1, -0.05) is 0 Å². The van der Waals surface area contributed by atoms with Gasteiger partial charge in [-0.3, -0.25) is 0 Å². The van der Waals surface area contributed by atoms with Crippen LogP contribution >= 0.6 is 11.8 Å². The van der Waals surface area contributed by atoms with Gasteiger partial charge in [0.1, 0.15) is 17.5 Å². The first-order valence-corrected chi connectivity index (χ1v) is 7.38. The summed E-state index contributed by atoms with van der Waals surface area (Å²) < 4.78 is 0. The SMILES string of the molecule is Cc1c(N)nc(C2CC2)nc1NC1CCSC1. The molecule has 0 amide bonds. The number of nitrogens with two attached hydrogens (primary N) is 1. The van der Waals surface area contributed by atoms with Gasteiger partial charge in [0, 0.05) is 23.3 Å². The van der Waals surface area contributed by atoms with E-state index in [2.05, 4.69) is 15.3 Å². The van der Waals surface area contributed by atoms with Crippen molar-refractivity contribution in [3.05, 3.63) is 11.4 Å². The van der Waals surface area contributed by atoms with Crippen molar-refractivity contribution in [3.8, 4) is 0 Å². The minimum atomic E-state index is 0.542. The van der Waals surface area contributed by atoms with Crippen LogP contribution in [0.25, 0.3) is 0 Å². The second kappa shape index (κ2) is 4.37. The smallest absolute Gasteiger partial charge is 0.136 e. The molecule has 2 heterocycles. The normalized spacial score (nSPS) is 23.9. The van der Waals surface area contributed by atoms with E-state index in [4.69, 9.17) is 5.73 Å². The zero-order chi connectivity index (χ0) is 11.8. The van der Waals surface area contributed by atoms with E-state index in [-0.39, 0.29) is 0 Å². The number of anilines is 2. The zero-order valence-electron chi connectivity index (χ0n) is 10.1. The van der Waals surface area contributed by atoms with Gasteiger partial charge in [0.05, 0.1) is 0 Å². The molecule has 0 radical (unpaired) electrons. The molecule has 3 rings (SSSR count). The van der Waals surface area contributed by atoms with Gasteiger partial charge in [0.25, 0.3) is 0 Å². The highest BCUT2D eigenvalue weighted by Gasteiger charge is 2.28. The highest BCUT2D eigenvalue weighted by Crippen LogP contribution is 2.39. The average molecular weight is 250 g/mol. The van der Waals surface area contributed by atoms with Gasteiger partial charge in [0.2, 0.25) is 0 Å². The summed E-state index contributed by atoms with van der Waals surface area (Å²) in [6.07, 6.45) is 3.63. The summed E-state index contributed by atoms with van der Waals surface area (Å²) in [5.41, 5.74) is 6.96. The lowest BCUT2D eigenvalue weighted by Gasteiger charge is -2.16. The predicted molar refractivity (Wildman–Crippen MR) is 72.5 cm³/mol. The number of aromatic nitrogens is 2. The number of nitrogen functional groups attached to an aromatic ring is 1. The van der Waals surface area contributed by atoms with Crippen molar-refractivity contribution in [2.75, 3.05) is 22.6 Å². The molecule has 1 unspecified atom stereocenters. The van der Waals surface area contributed by atoms with E-state index in [1.807, 2.05) is 18.7 Å². The maximum absolute atomic E-state index is 5.96. The van der Waals surface area contributed by atoms with Crippen LogP contribution in [0.2, 0.25) is 0 Å². The summed E-state index contributed by atoms with van der Waals surface area (Å²) in [4.78, 5) is 9.04. The van der Waals surface area contributed by atoms with Crippen LogP contribution in [-0.2, 0) is 0 Å². The van der Waals surface area contributed by atoms with Crippen molar-refractivity contribution in [3.63, 3.8) is 0 Å². The number of rotatable bonds is 3. The molecule has 0 bridgehead atoms. The van der Waals surface area contributed by atoms with Crippen molar-refractivity contribution in [2.45, 2.75) is 38.1 Å². The fourth-order valence-electron chi connectivity index (χ4n) is 2.06. The Bertz CT molecular complexity index is 425. The van der Waals surface area contributed by atoms with Crippen LogP contribution in [0.3, 0.4) is 0 Å². The zero-order valence-corrected chi connectivity index (χ0v) is 10.9. The van der Waals surface area contributed by atoms with Crippen molar-refractivity contribution < 1.29 is 0 Å². The molecular weight excluding hydrogens is 232 g/mol. The summed E-state index contributed by atoms with van der Waals surface area (Å²) in [5, 5.41) is 3.52. The van der Waals surface area contributed by atoms with E-state index in [0.29, 0.717) is 17.8 Å². The van der Waals surface area contributed by atoms with E-state index in [1.165, 1.54) is 30.8 Å². The molecule has 1 atom stereocenters. The third-order valence-corrected chi connectivity index (χ3v) is 4.58. The molecule has 2 fully saturated rings. The lowest BCUT2D eigenvalue weighted by atomic mass is 10.2. The van der Waals surface area contributed by atoms with E-state index in [1.54, 1.807) is 0 Å². The topological polar surface area (TPSA) is 63.8 Å². The second-order valence-electron chi connectivity index (χ2n) is 4.92. The summed E-state index contributed by atoms with van der Waals surface area (Å²) >= 11 is 2.00. The standard InChI is InChI=1S/C12H18N4S/c1-7-10(13)15-12(8-2-3-8)16-11(7)14-9-4-5-17-6-9/h8-9H,2-6H2,1H3,(H3,13,14,15,16). The van der Waals surface area contributed by atoms with Gasteiger partial charge in [0.15, 0.2) is 0 Å². The Morgan fingerprint density at radius 3 is 2.76 bits per heavy atom. The van der Waals surface area contributed by atoms with Crippen LogP contribution in [-0.4, -0.2) is 27.5 Å². The predicted octanol–water partition coefficient (Wildman–Crippen LogP) is 2.16. The van der Waals surface area contributed by atoms with E-state index < -0.39 is 0 Å². The Labute approximate surface area is 106 Å². The van der Waals surface area contributed by atoms with Crippen molar-refractivity contribution in [1.82, 2.24) is 9.97 Å².